The summed E-state index contributed by atoms with van der Waals surface area (Å²) in [6, 6.07) is 26.1. The number of anilines is 5. The number of methoxy groups -OCH3 is 6. The van der Waals surface area contributed by atoms with Crippen molar-refractivity contribution in [2.24, 2.45) is 0 Å². The van der Waals surface area contributed by atoms with Crippen LogP contribution in [0.4, 0.5) is 63.0 Å². The third kappa shape index (κ3) is 27.4. The van der Waals surface area contributed by atoms with E-state index in [4.69, 9.17) is 49.4 Å². The number of carbonyl (C=O) groups is 9. The van der Waals surface area contributed by atoms with Gasteiger partial charge in [0, 0.05) is 126 Å². The molecule has 0 spiro atoms. The Bertz CT molecular complexity index is 6710. The number of likely N-dealkylation sites (N-methyl/N-ethyl adjacent to an activating group) is 1. The predicted molar refractivity (Wildman–Crippen MR) is 519 cm³/mol. The number of benzene rings is 8. The van der Waals surface area contributed by atoms with Crippen molar-refractivity contribution in [1.82, 2.24) is 20.2 Å². The van der Waals surface area contributed by atoms with Crippen LogP contribution in [0.2, 0.25) is 0 Å². The number of phenols is 3. The zero-order chi connectivity index (χ0) is 108. The fourth-order valence-electron chi connectivity index (χ4n) is 15.8. The van der Waals surface area contributed by atoms with Crippen molar-refractivity contribution in [2.45, 2.75) is 102 Å². The number of non-ortho nitro benzene ring substituents is 1. The highest BCUT2D eigenvalue weighted by Crippen LogP contribution is 2.45. The number of hydrogen-bond donors (Lipinski definition) is 8. The van der Waals surface area contributed by atoms with Gasteiger partial charge in [0.2, 0.25) is 29.5 Å². The summed E-state index contributed by atoms with van der Waals surface area (Å²) in [6.45, 7) is 12.2. The maximum atomic E-state index is 13.2. The Morgan fingerprint density at radius 1 is 0.558 bits per heavy atom. The molecule has 2 fully saturated rings. The summed E-state index contributed by atoms with van der Waals surface area (Å²) < 4.78 is 53.6. The molecule has 2 amide bonds. The maximum Gasteiger partial charge on any atom is 0.338 e. The molecule has 147 heavy (non-hydrogen) atoms. The minimum atomic E-state index is -1.25. The molecular formula is C96H100N14O37. The Morgan fingerprint density at radius 2 is 1.04 bits per heavy atom. The number of piperidine rings is 1. The molecule has 8 aromatic carbocycles. The van der Waals surface area contributed by atoms with Gasteiger partial charge in [0.15, 0.2) is 28.8 Å². The smallest absolute Gasteiger partial charge is 0.338 e. The number of amides is 2. The highest BCUT2D eigenvalue weighted by atomic mass is 16.7. The van der Waals surface area contributed by atoms with E-state index in [1.165, 1.54) is 129 Å². The number of nitrogens with one attached hydrogen (secondary N) is 2. The monoisotopic (exact) mass is 2040 g/mol. The van der Waals surface area contributed by atoms with E-state index in [0.29, 0.717) is 77.3 Å². The molecule has 51 heteroatoms. The lowest BCUT2D eigenvalue weighted by Crippen LogP contribution is -2.55. The van der Waals surface area contributed by atoms with Crippen LogP contribution in [0.25, 0.3) is 11.0 Å². The number of nitro benzene ring substituents is 6. The second-order valence-corrected chi connectivity index (χ2v) is 31.9. The van der Waals surface area contributed by atoms with Crippen LogP contribution < -0.4 is 45.1 Å². The second kappa shape index (κ2) is 51.7. The summed E-state index contributed by atoms with van der Waals surface area (Å²) in [5, 5.41) is 116. The molecule has 1 saturated heterocycles. The van der Waals surface area contributed by atoms with Gasteiger partial charge in [-0.1, -0.05) is 38.5 Å². The van der Waals surface area contributed by atoms with Gasteiger partial charge in [0.25, 0.3) is 5.91 Å². The molecule has 5 aliphatic heterocycles. The van der Waals surface area contributed by atoms with E-state index in [9.17, 15) is 114 Å². The van der Waals surface area contributed by atoms with E-state index < -0.39 is 106 Å². The number of nitrogen functional groups attached to an aromatic ring is 1. The van der Waals surface area contributed by atoms with Gasteiger partial charge in [0.1, 0.15) is 29.8 Å². The van der Waals surface area contributed by atoms with E-state index in [1.54, 1.807) is 23.2 Å². The first kappa shape index (κ1) is 112. The molecule has 0 bridgehead atoms. The normalized spacial score (nSPS) is 14.2. The van der Waals surface area contributed by atoms with E-state index in [2.05, 4.69) is 81.0 Å². The number of nitro groups is 6. The van der Waals surface area contributed by atoms with Crippen LogP contribution >= 0.6 is 0 Å². The lowest BCUT2D eigenvalue weighted by molar-refractivity contribution is -0.386. The highest BCUT2D eigenvalue weighted by molar-refractivity contribution is 6.06. The van der Waals surface area contributed by atoms with Gasteiger partial charge in [-0.15, -0.1) is 6.58 Å². The minimum Gasteiger partial charge on any atom is -0.502 e. The first-order chi connectivity index (χ1) is 70.1. The van der Waals surface area contributed by atoms with Gasteiger partial charge >= 0.3 is 75.9 Å². The summed E-state index contributed by atoms with van der Waals surface area (Å²) in [7, 11) is 11.3. The molecule has 0 radical (unpaired) electrons. The third-order valence-corrected chi connectivity index (χ3v) is 22.9. The fourth-order valence-corrected chi connectivity index (χ4v) is 15.8. The Morgan fingerprint density at radius 3 is 1.59 bits per heavy atom. The van der Waals surface area contributed by atoms with Crippen molar-refractivity contribution >= 4 is 128 Å². The van der Waals surface area contributed by atoms with Crippen LogP contribution in [-0.4, -0.2) is 238 Å². The van der Waals surface area contributed by atoms with Gasteiger partial charge < -0.3 is 108 Å². The van der Waals surface area contributed by atoms with Crippen LogP contribution in [0.1, 0.15) is 157 Å². The summed E-state index contributed by atoms with van der Waals surface area (Å²) in [4.78, 5) is 180. The number of ether oxygens (including phenoxy) is 10. The van der Waals surface area contributed by atoms with E-state index >= 15 is 0 Å². The van der Waals surface area contributed by atoms with Gasteiger partial charge in [-0.25, -0.2) is 38.5 Å². The van der Waals surface area contributed by atoms with Crippen LogP contribution in [0.15, 0.2) is 164 Å². The fraction of sp³-hybridized carbons (Fsp3) is 0.302. The molecule has 2 atom stereocenters. The number of furan rings is 1. The molecule has 16 rings (SSSR count). The highest BCUT2D eigenvalue weighted by Gasteiger charge is 2.43. The van der Waals surface area contributed by atoms with Crippen molar-refractivity contribution in [1.29, 1.82) is 0 Å². The number of carbonyl (C=O) groups excluding carboxylic acids is 8. The molecule has 9 N–H and O–H groups in total. The van der Waals surface area contributed by atoms with Gasteiger partial charge in [-0.3, -0.25) is 70.3 Å². The zero-order valence-corrected chi connectivity index (χ0v) is 80.2. The number of rotatable bonds is 24. The van der Waals surface area contributed by atoms with Crippen LogP contribution in [-0.2, 0) is 58.9 Å². The largest absolute Gasteiger partial charge is 0.502 e. The Kier molecular flexibility index (Phi) is 39.4. The summed E-state index contributed by atoms with van der Waals surface area (Å²) >= 11 is 0. The van der Waals surface area contributed by atoms with Crippen molar-refractivity contribution in [2.75, 3.05) is 111 Å². The number of esters is 6. The number of aliphatic hydroxyl groups is 1. The number of nitrogens with zero attached hydrogens (tertiary/aromatic N) is 11. The van der Waals surface area contributed by atoms with E-state index in [0.717, 1.165) is 116 Å². The van der Waals surface area contributed by atoms with Crippen molar-refractivity contribution in [3.8, 4) is 40.2 Å². The molecule has 10 aromatic rings. The first-order valence-corrected chi connectivity index (χ1v) is 44.2. The van der Waals surface area contributed by atoms with Crippen LogP contribution in [0.3, 0.4) is 0 Å². The Balaban J connectivity index is 0.000000194. The number of allylic oxidation sites excluding steroid dienone is 1. The quantitative estimate of drug-likeness (QED) is 0.00695. The average Bonchev–Trinajstić information content (AvgIpc) is 1.74. The van der Waals surface area contributed by atoms with Gasteiger partial charge in [-0.05, 0) is 125 Å². The SMILES string of the molecule is C=CCOc1cc(C(=O)OC)ccc1[N+](=O)[O-].C=CCc1c(C(=O)OC)ccc([N+](=O)[O-])c1O.CC[C@@H]1C(=O)N(C)c2cnc(Nc3ccc(C(=O)NC4CCN(C)CC4)c4c3OCC4)nc2N1C1CCCC1.COC(=O)c1ccc(N)c2c1CCO2.COC(=O)c1ccc([N+](=O)[O-])c(O)c1.COC(=O)c1ccc([N+](=O)[O-])c2c1CC(O)O2.COC(=O)c1ccc([N+](=O)[O-])c2occc12.O=C(O)c1ccc([N+](=O)[O-])c(O)c1. The number of aromatic carboxylic acids is 1. The number of carboxylic acid groups (broad SMARTS) is 1. The van der Waals surface area contributed by atoms with Crippen molar-refractivity contribution < 1.29 is 150 Å². The maximum absolute atomic E-state index is 13.2. The number of carboxylic acids is 1. The third-order valence-electron chi connectivity index (χ3n) is 22.9. The number of aromatic hydroxyl groups is 3. The molecule has 776 valence electrons. The van der Waals surface area contributed by atoms with Crippen LogP contribution in [0.5, 0.6) is 40.2 Å². The second-order valence-electron chi connectivity index (χ2n) is 31.9. The predicted octanol–water partition coefficient (Wildman–Crippen LogP) is 13.1. The first-order valence-electron chi connectivity index (χ1n) is 44.2. The molecule has 1 unspecified atom stereocenters. The Hall–Kier alpha value is -18.6. The number of phenolic OH excluding ortho intramolecular Hbond substituents is 3. The summed E-state index contributed by atoms with van der Waals surface area (Å²) in [6.07, 6.45) is 13.5. The standard InChI is InChI=1S/C29H39N7O3.2C11H11NO5.C10H9NO6.C10H7NO5.C10H11NO3.C8H7NO5.C7H5NO5/c1-4-23-28(38)35(3)24-17-30-29(33-26(24)36(23)19-7-5-6-8-19)32-22-10-9-21(20-13-16-39-25(20)22)27(37)31-18-11-14-34(2)15-12-18;1-3-6-17-10-7-8(11(13)16-2)4-5-9(10)12(14)15;1-3-4-7-8(11(14)17-2)5-6-9(10(7)13)12(15)16;1-16-10(13)5-2-3-7(11(14)15)9-6(5)4-8(12)17-9;1-15-10(12)7-2-3-8(11(13)14)9-6(7)4-5-16-9;1-13-10(12)7-2-3-8(11)9-6(7)4-5-14-9;1-14-8(11)5-2-3-6(9(12)13)7(10)4-5;9-6-3-4(7(10)11)1-2-5(6)8(12)13/h9-10,17-19,23H,4-8,11-16H2,1-3H3,(H,31,37)(H,30,32,33);3-5,7H,1,6H2,2H3;3,5-6,13H,1,4H2,2H3;2-3,8,12H,4H2,1H3;2-5H,1H3;2-3H,4-5,11H2,1H3;2-4,10H,1H3;1-3,9H,(H,10,11)/t23-;;;;;;;/m1......./s1. The molecule has 6 aliphatic rings. The number of aromatic nitrogens is 2. The van der Waals surface area contributed by atoms with Gasteiger partial charge in [-0.2, -0.15) is 4.98 Å². The topological polar surface area (TPSA) is 705 Å². The van der Waals surface area contributed by atoms with E-state index in [-0.39, 0.29) is 122 Å². The number of likely N-dealkylation sites (tertiary alicyclic amines) is 1. The molecule has 1 aliphatic carbocycles. The lowest BCUT2D eigenvalue weighted by atomic mass is 10.0. The zero-order valence-electron chi connectivity index (χ0n) is 80.2. The molecule has 1 saturated carbocycles. The number of aliphatic hydroxyl groups excluding tert-OH is 1. The van der Waals surface area contributed by atoms with Gasteiger partial charge in [0.05, 0.1) is 148 Å². The average molecular weight is 2040 g/mol. The number of nitrogens with two attached hydrogens (primary N) is 1. The van der Waals surface area contributed by atoms with E-state index in [1.807, 2.05) is 19.2 Å². The molecule has 2 aromatic heterocycles. The number of fused-ring (bicyclic) bond motifs is 5. The van der Waals surface area contributed by atoms with Crippen molar-refractivity contribution in [3.05, 3.63) is 287 Å². The molecular weight excluding hydrogens is 1940 g/mol. The number of hydrogen-bond acceptors (Lipinski definition) is 42. The van der Waals surface area contributed by atoms with Crippen LogP contribution in [0, 0.1) is 60.7 Å². The summed E-state index contributed by atoms with van der Waals surface area (Å²) in [5.74, 6) is -3.79. The molecule has 7 heterocycles. The Labute approximate surface area is 833 Å². The van der Waals surface area contributed by atoms with Crippen molar-refractivity contribution in [3.63, 3.8) is 0 Å². The minimum absolute atomic E-state index is 0.0119. The summed E-state index contributed by atoms with van der Waals surface area (Å²) in [5.41, 5.74) is 9.81. The molecule has 51 nitrogen and oxygen atoms in total. The lowest BCUT2D eigenvalue weighted by Gasteiger charge is -2.43.